The average Bonchev–Trinajstić information content (AvgIpc) is 2.94. The molecule has 0 aromatic heterocycles. The summed E-state index contributed by atoms with van der Waals surface area (Å²) < 4.78 is 30.2. The van der Waals surface area contributed by atoms with Gasteiger partial charge in [-0.25, -0.2) is 14.0 Å². The van der Waals surface area contributed by atoms with Crippen molar-refractivity contribution >= 4 is 17.9 Å². The van der Waals surface area contributed by atoms with E-state index in [-0.39, 0.29) is 31.1 Å². The number of benzene rings is 2. The van der Waals surface area contributed by atoms with Gasteiger partial charge in [0.05, 0.1) is 32.4 Å². The second kappa shape index (κ2) is 12.4. The number of likely N-dealkylation sites (N-methyl/N-ethyl adjacent to an activating group) is 1. The third-order valence-electron chi connectivity index (χ3n) is 7.23. The number of carbonyl (C=O) groups is 3. The van der Waals surface area contributed by atoms with E-state index in [1.165, 1.54) is 37.3 Å². The summed E-state index contributed by atoms with van der Waals surface area (Å²) in [4.78, 5) is 44.8. The SMILES string of the molecule is CCOC(=O)C1=C(CN2CCN(C(=O)c3cccc(F)c3)C(C)C2)N(C)C(=O)NC1c1cccc(OC)c1OC. The number of piperazine rings is 1. The fourth-order valence-electron chi connectivity index (χ4n) is 5.25. The van der Waals surface area contributed by atoms with Gasteiger partial charge in [-0.15, -0.1) is 0 Å². The predicted molar refractivity (Wildman–Crippen MR) is 146 cm³/mol. The molecular weight excluding hydrogens is 519 g/mol. The van der Waals surface area contributed by atoms with Gasteiger partial charge in [0, 0.05) is 56.1 Å². The number of rotatable bonds is 8. The van der Waals surface area contributed by atoms with Crippen LogP contribution in [0.5, 0.6) is 11.5 Å². The summed E-state index contributed by atoms with van der Waals surface area (Å²) in [5, 5.41) is 2.91. The average molecular weight is 555 g/mol. The molecule has 0 aliphatic carbocycles. The van der Waals surface area contributed by atoms with Crippen molar-refractivity contribution in [2.75, 3.05) is 54.1 Å². The number of halogens is 1. The van der Waals surface area contributed by atoms with E-state index < -0.39 is 17.8 Å². The molecule has 2 aromatic carbocycles. The lowest BCUT2D eigenvalue weighted by Crippen LogP contribution is -2.56. The summed E-state index contributed by atoms with van der Waals surface area (Å²) in [6, 6.07) is 9.52. The summed E-state index contributed by atoms with van der Waals surface area (Å²) in [6.07, 6.45) is 0. The van der Waals surface area contributed by atoms with E-state index in [4.69, 9.17) is 14.2 Å². The Morgan fingerprint density at radius 2 is 1.85 bits per heavy atom. The Labute approximate surface area is 233 Å². The fraction of sp³-hybridized carbons (Fsp3) is 0.414. The highest BCUT2D eigenvalue weighted by Crippen LogP contribution is 2.40. The van der Waals surface area contributed by atoms with E-state index in [0.29, 0.717) is 53.5 Å². The number of carbonyl (C=O) groups excluding carboxylic acids is 3. The van der Waals surface area contributed by atoms with Gasteiger partial charge in [-0.2, -0.15) is 0 Å². The summed E-state index contributed by atoms with van der Waals surface area (Å²) in [6.45, 7) is 5.46. The zero-order valence-corrected chi connectivity index (χ0v) is 23.4. The van der Waals surface area contributed by atoms with Crippen LogP contribution >= 0.6 is 0 Å². The first-order valence-electron chi connectivity index (χ1n) is 13.1. The van der Waals surface area contributed by atoms with Crippen molar-refractivity contribution in [3.63, 3.8) is 0 Å². The molecular formula is C29H35FN4O6. The molecule has 2 atom stereocenters. The molecule has 3 amide bonds. The molecule has 2 aliphatic heterocycles. The van der Waals surface area contributed by atoms with Crippen molar-refractivity contribution in [3.05, 3.63) is 70.7 Å². The molecule has 0 radical (unpaired) electrons. The van der Waals surface area contributed by atoms with Crippen molar-refractivity contribution in [1.82, 2.24) is 20.0 Å². The molecule has 1 saturated heterocycles. The van der Waals surface area contributed by atoms with Crippen LogP contribution in [0.15, 0.2) is 53.7 Å². The van der Waals surface area contributed by atoms with Crippen LogP contribution in [-0.4, -0.2) is 92.7 Å². The monoisotopic (exact) mass is 554 g/mol. The zero-order chi connectivity index (χ0) is 29.0. The van der Waals surface area contributed by atoms with Crippen molar-refractivity contribution in [2.24, 2.45) is 0 Å². The number of nitrogens with one attached hydrogen (secondary N) is 1. The van der Waals surface area contributed by atoms with Gasteiger partial charge in [0.1, 0.15) is 5.82 Å². The lowest BCUT2D eigenvalue weighted by molar-refractivity contribution is -0.139. The first-order valence-corrected chi connectivity index (χ1v) is 13.1. The number of esters is 1. The van der Waals surface area contributed by atoms with Crippen molar-refractivity contribution in [2.45, 2.75) is 25.9 Å². The molecule has 0 saturated carbocycles. The quantitative estimate of drug-likeness (QED) is 0.500. The topological polar surface area (TPSA) is 101 Å². The van der Waals surface area contributed by atoms with Crippen LogP contribution in [-0.2, 0) is 9.53 Å². The lowest BCUT2D eigenvalue weighted by Gasteiger charge is -2.42. The van der Waals surface area contributed by atoms with Gasteiger partial charge in [-0.05, 0) is 38.1 Å². The first-order chi connectivity index (χ1) is 19.2. The number of nitrogens with zero attached hydrogens (tertiary/aromatic N) is 3. The minimum atomic E-state index is -0.837. The highest BCUT2D eigenvalue weighted by atomic mass is 19.1. The Morgan fingerprint density at radius 1 is 1.10 bits per heavy atom. The Bertz CT molecular complexity index is 1320. The molecule has 1 fully saturated rings. The van der Waals surface area contributed by atoms with E-state index in [1.54, 1.807) is 43.1 Å². The van der Waals surface area contributed by atoms with Crippen LogP contribution in [0.1, 0.15) is 35.8 Å². The van der Waals surface area contributed by atoms with E-state index in [9.17, 15) is 18.8 Å². The fourth-order valence-corrected chi connectivity index (χ4v) is 5.25. The van der Waals surface area contributed by atoms with Crippen LogP contribution in [0, 0.1) is 5.82 Å². The van der Waals surface area contributed by atoms with Gasteiger partial charge in [0.2, 0.25) is 0 Å². The minimum absolute atomic E-state index is 0.160. The molecule has 40 heavy (non-hydrogen) atoms. The maximum atomic E-state index is 13.7. The number of methoxy groups -OCH3 is 2. The third kappa shape index (κ3) is 5.74. The van der Waals surface area contributed by atoms with Crippen molar-refractivity contribution < 1.29 is 33.0 Å². The molecule has 0 spiro atoms. The predicted octanol–water partition coefficient (Wildman–Crippen LogP) is 3.20. The van der Waals surface area contributed by atoms with E-state index in [0.717, 1.165) is 0 Å². The number of para-hydroxylation sites is 1. The molecule has 214 valence electrons. The number of hydrogen-bond donors (Lipinski definition) is 1. The highest BCUT2D eigenvalue weighted by molar-refractivity contribution is 5.96. The Morgan fingerprint density at radius 3 is 2.50 bits per heavy atom. The van der Waals surface area contributed by atoms with E-state index >= 15 is 0 Å². The zero-order valence-electron chi connectivity index (χ0n) is 23.4. The third-order valence-corrected chi connectivity index (χ3v) is 7.23. The van der Waals surface area contributed by atoms with Gasteiger partial charge in [0.25, 0.3) is 5.91 Å². The standard InChI is InChI=1S/C29H35FN4O6/c1-6-40-28(36)24-22(32(3)29(37)31-25(24)21-11-8-12-23(38-4)26(21)39-5)17-33-13-14-34(18(2)16-33)27(35)19-9-7-10-20(30)15-19/h7-12,15,18,25H,6,13-14,16-17H2,1-5H3,(H,31,37). The lowest BCUT2D eigenvalue weighted by atomic mass is 9.93. The van der Waals surface area contributed by atoms with E-state index in [2.05, 4.69) is 10.2 Å². The molecule has 0 bridgehead atoms. The largest absolute Gasteiger partial charge is 0.493 e. The molecule has 2 heterocycles. The minimum Gasteiger partial charge on any atom is -0.493 e. The second-order valence-corrected chi connectivity index (χ2v) is 9.70. The summed E-state index contributed by atoms with van der Waals surface area (Å²) in [5.41, 5.74) is 1.64. The van der Waals surface area contributed by atoms with Crippen molar-refractivity contribution in [1.29, 1.82) is 0 Å². The van der Waals surface area contributed by atoms with Gasteiger partial charge in [-0.1, -0.05) is 18.2 Å². The van der Waals surface area contributed by atoms with Gasteiger partial charge in [0.15, 0.2) is 11.5 Å². The molecule has 2 unspecified atom stereocenters. The molecule has 2 aliphatic rings. The number of amides is 3. The number of hydrogen-bond acceptors (Lipinski definition) is 7. The smallest absolute Gasteiger partial charge is 0.338 e. The maximum Gasteiger partial charge on any atom is 0.338 e. The normalized spacial score (nSPS) is 19.8. The number of ether oxygens (including phenoxy) is 3. The van der Waals surface area contributed by atoms with Crippen LogP contribution in [0.3, 0.4) is 0 Å². The highest BCUT2D eigenvalue weighted by Gasteiger charge is 2.40. The molecule has 1 N–H and O–H groups in total. The summed E-state index contributed by atoms with van der Waals surface area (Å²) in [5.74, 6) is -0.383. The molecule has 2 aromatic rings. The van der Waals surface area contributed by atoms with Crippen LogP contribution in [0.25, 0.3) is 0 Å². The second-order valence-electron chi connectivity index (χ2n) is 9.70. The Hall–Kier alpha value is -4.12. The van der Waals surface area contributed by atoms with Gasteiger partial charge < -0.3 is 24.4 Å². The van der Waals surface area contributed by atoms with Gasteiger partial charge in [-0.3, -0.25) is 14.6 Å². The number of urea groups is 1. The van der Waals surface area contributed by atoms with Crippen LogP contribution in [0.2, 0.25) is 0 Å². The summed E-state index contributed by atoms with van der Waals surface area (Å²) in [7, 11) is 4.62. The van der Waals surface area contributed by atoms with Crippen LogP contribution < -0.4 is 14.8 Å². The maximum absolute atomic E-state index is 13.7. The Balaban J connectivity index is 1.66. The molecule has 10 nitrogen and oxygen atoms in total. The van der Waals surface area contributed by atoms with Gasteiger partial charge >= 0.3 is 12.0 Å². The first kappa shape index (κ1) is 28.9. The Kier molecular flexibility index (Phi) is 8.93. The summed E-state index contributed by atoms with van der Waals surface area (Å²) >= 11 is 0. The molecule has 4 rings (SSSR count). The van der Waals surface area contributed by atoms with E-state index in [1.807, 2.05) is 6.92 Å². The van der Waals surface area contributed by atoms with Crippen LogP contribution in [0.4, 0.5) is 9.18 Å². The molecule has 11 heteroatoms. The van der Waals surface area contributed by atoms with Crippen molar-refractivity contribution in [3.8, 4) is 11.5 Å².